The van der Waals surface area contributed by atoms with Crippen molar-refractivity contribution >= 4 is 11.7 Å². The number of carbonyl (C=O) groups excluding carboxylic acids is 1. The monoisotopic (exact) mass is 228 g/mol. The molecule has 0 bridgehead atoms. The van der Waals surface area contributed by atoms with Crippen molar-refractivity contribution in [2.75, 3.05) is 18.9 Å². The van der Waals surface area contributed by atoms with E-state index >= 15 is 0 Å². The van der Waals surface area contributed by atoms with Gasteiger partial charge in [0.15, 0.2) is 0 Å². The quantitative estimate of drug-likeness (QED) is 0.435. The second kappa shape index (κ2) is 4.95. The lowest BCUT2D eigenvalue weighted by Gasteiger charge is -2.29. The SMILES string of the molecule is CCC(CO)(CO)NC(=O)c1cc(N)n[nH]1. The number of carbonyl (C=O) groups is 1. The van der Waals surface area contributed by atoms with Crippen LogP contribution >= 0.6 is 0 Å². The van der Waals surface area contributed by atoms with Crippen molar-refractivity contribution < 1.29 is 15.0 Å². The number of anilines is 1. The Balaban J connectivity index is 2.76. The van der Waals surface area contributed by atoms with Crippen LogP contribution in [0.4, 0.5) is 5.82 Å². The minimum Gasteiger partial charge on any atom is -0.394 e. The Morgan fingerprint density at radius 2 is 2.25 bits per heavy atom. The van der Waals surface area contributed by atoms with Crippen LogP contribution in [-0.2, 0) is 0 Å². The molecule has 90 valence electrons. The molecule has 0 saturated heterocycles. The highest BCUT2D eigenvalue weighted by Gasteiger charge is 2.29. The fraction of sp³-hybridized carbons (Fsp3) is 0.556. The van der Waals surface area contributed by atoms with E-state index in [9.17, 15) is 4.79 Å². The van der Waals surface area contributed by atoms with Crippen LogP contribution in [0.3, 0.4) is 0 Å². The smallest absolute Gasteiger partial charge is 0.269 e. The van der Waals surface area contributed by atoms with Gasteiger partial charge in [-0.2, -0.15) is 5.10 Å². The van der Waals surface area contributed by atoms with Crippen molar-refractivity contribution in [3.8, 4) is 0 Å². The molecule has 0 unspecified atom stereocenters. The first-order chi connectivity index (χ1) is 7.56. The van der Waals surface area contributed by atoms with Crippen molar-refractivity contribution in [2.45, 2.75) is 18.9 Å². The minimum atomic E-state index is -1.02. The minimum absolute atomic E-state index is 0.192. The van der Waals surface area contributed by atoms with Crippen molar-refractivity contribution in [1.29, 1.82) is 0 Å². The van der Waals surface area contributed by atoms with E-state index in [4.69, 9.17) is 15.9 Å². The first kappa shape index (κ1) is 12.5. The van der Waals surface area contributed by atoms with Gasteiger partial charge in [0.2, 0.25) is 0 Å². The second-order valence-electron chi connectivity index (χ2n) is 3.61. The van der Waals surface area contributed by atoms with Crippen LogP contribution in [-0.4, -0.2) is 45.1 Å². The standard InChI is InChI=1S/C9H16N4O3/c1-2-9(4-14,5-15)11-8(16)6-3-7(10)13-12-6/h3,14-15H,2,4-5H2,1H3,(H,11,16)(H3,10,12,13). The molecule has 7 nitrogen and oxygen atoms in total. The van der Waals surface area contributed by atoms with Gasteiger partial charge in [-0.1, -0.05) is 6.92 Å². The van der Waals surface area contributed by atoms with E-state index in [1.807, 2.05) is 0 Å². The molecular formula is C9H16N4O3. The maximum atomic E-state index is 11.7. The van der Waals surface area contributed by atoms with E-state index in [1.54, 1.807) is 6.92 Å². The fourth-order valence-electron chi connectivity index (χ4n) is 1.20. The van der Waals surface area contributed by atoms with Crippen LogP contribution in [0.15, 0.2) is 6.07 Å². The van der Waals surface area contributed by atoms with Gasteiger partial charge in [0, 0.05) is 6.07 Å². The average Bonchev–Trinajstić information content (AvgIpc) is 2.73. The number of nitrogens with one attached hydrogen (secondary N) is 2. The summed E-state index contributed by atoms with van der Waals surface area (Å²) in [5.41, 5.74) is 4.53. The summed E-state index contributed by atoms with van der Waals surface area (Å²) in [6.45, 7) is 1.08. The Hall–Kier alpha value is -1.60. The Morgan fingerprint density at radius 3 is 2.62 bits per heavy atom. The maximum Gasteiger partial charge on any atom is 0.269 e. The number of aromatic amines is 1. The maximum absolute atomic E-state index is 11.7. The van der Waals surface area contributed by atoms with Crippen molar-refractivity contribution in [1.82, 2.24) is 15.5 Å². The molecule has 16 heavy (non-hydrogen) atoms. The van der Waals surface area contributed by atoms with E-state index in [1.165, 1.54) is 6.07 Å². The zero-order chi connectivity index (χ0) is 12.2. The highest BCUT2D eigenvalue weighted by Crippen LogP contribution is 2.10. The zero-order valence-electron chi connectivity index (χ0n) is 9.03. The molecule has 1 amide bonds. The van der Waals surface area contributed by atoms with E-state index < -0.39 is 11.4 Å². The van der Waals surface area contributed by atoms with Crippen LogP contribution in [0.2, 0.25) is 0 Å². The molecule has 1 heterocycles. The van der Waals surface area contributed by atoms with Gasteiger partial charge in [-0.15, -0.1) is 0 Å². The van der Waals surface area contributed by atoms with Gasteiger partial charge < -0.3 is 21.3 Å². The molecule has 0 saturated carbocycles. The summed E-state index contributed by atoms with van der Waals surface area (Å²) in [6, 6.07) is 1.38. The van der Waals surface area contributed by atoms with Crippen molar-refractivity contribution in [3.05, 3.63) is 11.8 Å². The number of nitrogen functional groups attached to an aromatic ring is 1. The number of aromatic nitrogens is 2. The topological polar surface area (TPSA) is 124 Å². The lowest BCUT2D eigenvalue weighted by molar-refractivity contribution is 0.0649. The largest absolute Gasteiger partial charge is 0.394 e. The lowest BCUT2D eigenvalue weighted by Crippen LogP contribution is -2.53. The molecule has 0 aliphatic heterocycles. The summed E-state index contributed by atoms with van der Waals surface area (Å²) < 4.78 is 0. The number of hydrogen-bond acceptors (Lipinski definition) is 5. The van der Waals surface area contributed by atoms with Gasteiger partial charge in [-0.25, -0.2) is 0 Å². The Labute approximate surface area is 92.7 Å². The zero-order valence-corrected chi connectivity index (χ0v) is 9.03. The first-order valence-corrected chi connectivity index (χ1v) is 4.92. The highest BCUT2D eigenvalue weighted by molar-refractivity contribution is 5.93. The number of nitrogens with two attached hydrogens (primary N) is 1. The normalized spacial score (nSPS) is 11.4. The number of aliphatic hydroxyl groups excluding tert-OH is 2. The summed E-state index contributed by atoms with van der Waals surface area (Å²) in [7, 11) is 0. The molecular weight excluding hydrogens is 212 g/mol. The predicted molar refractivity (Wildman–Crippen MR) is 57.7 cm³/mol. The third kappa shape index (κ3) is 2.50. The fourth-order valence-corrected chi connectivity index (χ4v) is 1.20. The number of amides is 1. The molecule has 1 aromatic heterocycles. The average molecular weight is 228 g/mol. The first-order valence-electron chi connectivity index (χ1n) is 4.92. The van der Waals surface area contributed by atoms with E-state index in [-0.39, 0.29) is 24.7 Å². The number of H-pyrrole nitrogens is 1. The molecule has 0 spiro atoms. The molecule has 0 atom stereocenters. The third-order valence-corrected chi connectivity index (χ3v) is 2.50. The Morgan fingerprint density at radius 1 is 1.62 bits per heavy atom. The molecule has 0 fully saturated rings. The third-order valence-electron chi connectivity index (χ3n) is 2.50. The van der Waals surface area contributed by atoms with E-state index in [0.717, 1.165) is 0 Å². The van der Waals surface area contributed by atoms with Crippen LogP contribution in [0.25, 0.3) is 0 Å². The summed E-state index contributed by atoms with van der Waals surface area (Å²) in [5, 5.41) is 26.9. The van der Waals surface area contributed by atoms with Gasteiger partial charge in [-0.3, -0.25) is 9.89 Å². The summed E-state index contributed by atoms with van der Waals surface area (Å²) >= 11 is 0. The summed E-state index contributed by atoms with van der Waals surface area (Å²) in [5.74, 6) is -0.255. The molecule has 7 heteroatoms. The van der Waals surface area contributed by atoms with Gasteiger partial charge in [0.1, 0.15) is 11.5 Å². The molecule has 6 N–H and O–H groups in total. The Bertz CT molecular complexity index is 351. The van der Waals surface area contributed by atoms with Gasteiger partial charge >= 0.3 is 0 Å². The summed E-state index contributed by atoms with van der Waals surface area (Å²) in [6.07, 6.45) is 0.412. The molecule has 0 aliphatic carbocycles. The predicted octanol–water partition coefficient (Wildman–Crippen LogP) is -1.14. The van der Waals surface area contributed by atoms with Crippen LogP contribution in [0, 0.1) is 0 Å². The Kier molecular flexibility index (Phi) is 3.86. The lowest BCUT2D eigenvalue weighted by atomic mass is 9.98. The van der Waals surface area contributed by atoms with E-state index in [2.05, 4.69) is 15.5 Å². The molecule has 0 aromatic carbocycles. The van der Waals surface area contributed by atoms with Crippen molar-refractivity contribution in [3.63, 3.8) is 0 Å². The molecule has 1 rings (SSSR count). The van der Waals surface area contributed by atoms with E-state index in [0.29, 0.717) is 6.42 Å². The van der Waals surface area contributed by atoms with Crippen LogP contribution < -0.4 is 11.1 Å². The number of rotatable bonds is 5. The van der Waals surface area contributed by atoms with Gasteiger partial charge in [-0.05, 0) is 6.42 Å². The molecule has 1 aromatic rings. The van der Waals surface area contributed by atoms with Crippen LogP contribution in [0.1, 0.15) is 23.8 Å². The molecule has 0 radical (unpaired) electrons. The molecule has 0 aliphatic rings. The van der Waals surface area contributed by atoms with Gasteiger partial charge in [0.05, 0.1) is 18.8 Å². The number of nitrogens with zero attached hydrogens (tertiary/aromatic N) is 1. The highest BCUT2D eigenvalue weighted by atomic mass is 16.3. The van der Waals surface area contributed by atoms with Gasteiger partial charge in [0.25, 0.3) is 5.91 Å². The van der Waals surface area contributed by atoms with Crippen LogP contribution in [0.5, 0.6) is 0 Å². The number of hydrogen-bond donors (Lipinski definition) is 5. The number of aliphatic hydroxyl groups is 2. The van der Waals surface area contributed by atoms with Crippen molar-refractivity contribution in [2.24, 2.45) is 0 Å². The second-order valence-corrected chi connectivity index (χ2v) is 3.61. The summed E-state index contributed by atoms with van der Waals surface area (Å²) in [4.78, 5) is 11.7.